The number of hydrogen-bond donors (Lipinski definition) is 0. The molecule has 21 heavy (non-hydrogen) atoms. The molecule has 0 bridgehead atoms. The van der Waals surface area contributed by atoms with Crippen LogP contribution in [0.3, 0.4) is 0 Å². The van der Waals surface area contributed by atoms with Gasteiger partial charge in [0.2, 0.25) is 0 Å². The Kier molecular flexibility index (Phi) is 5.16. The number of ether oxygens (including phenoxy) is 3. The molecule has 0 saturated carbocycles. The zero-order valence-corrected chi connectivity index (χ0v) is 11.9. The highest BCUT2D eigenvalue weighted by molar-refractivity contribution is 5.76. The first kappa shape index (κ1) is 15.3. The van der Waals surface area contributed by atoms with Crippen molar-refractivity contribution in [3.63, 3.8) is 0 Å². The Morgan fingerprint density at radius 3 is 2.81 bits per heavy atom. The molecular weight excluding hydrogens is 274 g/mol. The van der Waals surface area contributed by atoms with E-state index in [1.165, 1.54) is 7.11 Å². The standard InChI is InChI=1S/C14H17N3O4/c1-9(20-8-10-6-4-3-5-7-10)12-11(16-17-15)13(21-12)14(18)19-2/h3-7,9,11-13H,8H2,1-2H3/t9-,11-,12-,13+/m0/s1. The van der Waals surface area contributed by atoms with Crippen LogP contribution in [-0.4, -0.2) is 37.4 Å². The smallest absolute Gasteiger partial charge is 0.335 e. The SMILES string of the molecule is COC(=O)[C@@H]1O[C@@H]([C@H](C)OCc2ccccc2)[C@@H]1N=[N+]=[N-]. The average molecular weight is 291 g/mol. The van der Waals surface area contributed by atoms with E-state index in [1.54, 1.807) is 0 Å². The zero-order valence-electron chi connectivity index (χ0n) is 11.9. The summed E-state index contributed by atoms with van der Waals surface area (Å²) >= 11 is 0. The fourth-order valence-electron chi connectivity index (χ4n) is 2.20. The quantitative estimate of drug-likeness (QED) is 0.347. The molecule has 0 unspecified atom stereocenters. The van der Waals surface area contributed by atoms with Crippen LogP contribution in [0.25, 0.3) is 10.4 Å². The molecule has 1 heterocycles. The molecule has 0 aromatic heterocycles. The molecule has 7 heteroatoms. The second kappa shape index (κ2) is 7.08. The number of benzene rings is 1. The van der Waals surface area contributed by atoms with Crippen LogP contribution in [0, 0.1) is 0 Å². The van der Waals surface area contributed by atoms with Gasteiger partial charge in [0.1, 0.15) is 6.04 Å². The molecular formula is C14H17N3O4. The second-order valence-electron chi connectivity index (χ2n) is 4.74. The summed E-state index contributed by atoms with van der Waals surface area (Å²) in [4.78, 5) is 14.2. The fraction of sp³-hybridized carbons (Fsp3) is 0.500. The summed E-state index contributed by atoms with van der Waals surface area (Å²) in [5, 5.41) is 3.61. The third kappa shape index (κ3) is 3.52. The van der Waals surface area contributed by atoms with Gasteiger partial charge in [-0.15, -0.1) is 0 Å². The van der Waals surface area contributed by atoms with Gasteiger partial charge in [-0.1, -0.05) is 35.4 Å². The van der Waals surface area contributed by atoms with Crippen LogP contribution >= 0.6 is 0 Å². The number of rotatable bonds is 6. The first-order valence-electron chi connectivity index (χ1n) is 6.60. The fourth-order valence-corrected chi connectivity index (χ4v) is 2.20. The van der Waals surface area contributed by atoms with Crippen molar-refractivity contribution >= 4 is 5.97 Å². The minimum Gasteiger partial charge on any atom is -0.467 e. The highest BCUT2D eigenvalue weighted by atomic mass is 16.6. The average Bonchev–Trinajstić information content (AvgIpc) is 2.50. The Morgan fingerprint density at radius 2 is 2.19 bits per heavy atom. The minimum absolute atomic E-state index is 0.304. The molecule has 1 saturated heterocycles. The Morgan fingerprint density at radius 1 is 1.48 bits per heavy atom. The number of esters is 1. The summed E-state index contributed by atoms with van der Waals surface area (Å²) in [7, 11) is 1.27. The topological polar surface area (TPSA) is 93.5 Å². The van der Waals surface area contributed by atoms with Crippen LogP contribution < -0.4 is 0 Å². The van der Waals surface area contributed by atoms with Crippen molar-refractivity contribution in [2.75, 3.05) is 7.11 Å². The van der Waals surface area contributed by atoms with Gasteiger partial charge in [-0.2, -0.15) is 0 Å². The van der Waals surface area contributed by atoms with E-state index in [2.05, 4.69) is 14.8 Å². The Balaban J connectivity index is 1.92. The third-order valence-corrected chi connectivity index (χ3v) is 3.39. The first-order chi connectivity index (χ1) is 10.2. The number of carbonyl (C=O) groups is 1. The molecule has 7 nitrogen and oxygen atoms in total. The number of hydrogen-bond acceptors (Lipinski definition) is 5. The van der Waals surface area contributed by atoms with Crippen LogP contribution in [0.15, 0.2) is 35.4 Å². The minimum atomic E-state index is -0.848. The molecule has 0 spiro atoms. The molecule has 1 aliphatic rings. The lowest BCUT2D eigenvalue weighted by Gasteiger charge is -2.43. The number of methoxy groups -OCH3 is 1. The largest absolute Gasteiger partial charge is 0.467 e. The lowest BCUT2D eigenvalue weighted by molar-refractivity contribution is -0.213. The molecule has 4 atom stereocenters. The van der Waals surface area contributed by atoms with Crippen molar-refractivity contribution in [3.8, 4) is 0 Å². The maximum Gasteiger partial charge on any atom is 0.335 e. The lowest BCUT2D eigenvalue weighted by Crippen LogP contribution is -2.61. The zero-order chi connectivity index (χ0) is 15.2. The van der Waals surface area contributed by atoms with E-state index in [9.17, 15) is 4.79 Å². The van der Waals surface area contributed by atoms with Gasteiger partial charge in [0.15, 0.2) is 6.10 Å². The first-order valence-corrected chi connectivity index (χ1v) is 6.60. The predicted octanol–water partition coefficient (Wildman–Crippen LogP) is 2.21. The van der Waals surface area contributed by atoms with Gasteiger partial charge in [-0.25, -0.2) is 4.79 Å². The van der Waals surface area contributed by atoms with Gasteiger partial charge in [-0.3, -0.25) is 0 Å². The molecule has 0 N–H and O–H groups in total. The van der Waals surface area contributed by atoms with Crippen molar-refractivity contribution in [1.82, 2.24) is 0 Å². The van der Waals surface area contributed by atoms with Gasteiger partial charge in [0.05, 0.1) is 25.9 Å². The maximum absolute atomic E-state index is 11.5. The predicted molar refractivity (Wildman–Crippen MR) is 74.3 cm³/mol. The van der Waals surface area contributed by atoms with Crippen LogP contribution in [0.5, 0.6) is 0 Å². The van der Waals surface area contributed by atoms with Crippen LogP contribution in [0.4, 0.5) is 0 Å². The molecule has 2 rings (SSSR count). The molecule has 1 aromatic rings. The summed E-state index contributed by atoms with van der Waals surface area (Å²) in [5.74, 6) is -0.543. The molecule has 1 fully saturated rings. The summed E-state index contributed by atoms with van der Waals surface area (Å²) in [5.41, 5.74) is 9.63. The number of carbonyl (C=O) groups excluding carboxylic acids is 1. The second-order valence-corrected chi connectivity index (χ2v) is 4.74. The van der Waals surface area contributed by atoms with Crippen LogP contribution in [0.1, 0.15) is 12.5 Å². The normalized spacial score (nSPS) is 25.3. The van der Waals surface area contributed by atoms with Crippen LogP contribution in [0.2, 0.25) is 0 Å². The van der Waals surface area contributed by atoms with E-state index in [0.29, 0.717) is 6.61 Å². The molecule has 1 aliphatic heterocycles. The van der Waals surface area contributed by atoms with Crippen molar-refractivity contribution in [3.05, 3.63) is 46.3 Å². The number of azide groups is 1. The number of nitrogens with zero attached hydrogens (tertiary/aromatic N) is 3. The van der Waals surface area contributed by atoms with Crippen LogP contribution in [-0.2, 0) is 25.6 Å². The van der Waals surface area contributed by atoms with Gasteiger partial charge in [0.25, 0.3) is 0 Å². The van der Waals surface area contributed by atoms with Crippen molar-refractivity contribution in [1.29, 1.82) is 0 Å². The van der Waals surface area contributed by atoms with E-state index in [-0.39, 0.29) is 6.10 Å². The lowest BCUT2D eigenvalue weighted by atomic mass is 9.94. The molecule has 0 radical (unpaired) electrons. The molecule has 112 valence electrons. The van der Waals surface area contributed by atoms with Gasteiger partial charge < -0.3 is 14.2 Å². The molecule has 0 amide bonds. The highest BCUT2D eigenvalue weighted by Gasteiger charge is 2.49. The summed E-state index contributed by atoms with van der Waals surface area (Å²) in [6, 6.07) is 9.10. The third-order valence-electron chi connectivity index (χ3n) is 3.39. The Bertz CT molecular complexity index is 530. The summed E-state index contributed by atoms with van der Waals surface area (Å²) in [6.45, 7) is 2.24. The van der Waals surface area contributed by atoms with E-state index in [1.807, 2.05) is 37.3 Å². The van der Waals surface area contributed by atoms with Gasteiger partial charge in [-0.05, 0) is 18.0 Å². The molecule has 1 aromatic carbocycles. The highest BCUT2D eigenvalue weighted by Crippen LogP contribution is 2.30. The molecule has 0 aliphatic carbocycles. The Hall–Kier alpha value is -2.08. The van der Waals surface area contributed by atoms with Crippen molar-refractivity contribution in [2.45, 2.75) is 37.9 Å². The van der Waals surface area contributed by atoms with E-state index in [4.69, 9.17) is 15.0 Å². The monoisotopic (exact) mass is 291 g/mol. The summed E-state index contributed by atoms with van der Waals surface area (Å²) in [6.07, 6.45) is -1.60. The van der Waals surface area contributed by atoms with E-state index < -0.39 is 24.2 Å². The van der Waals surface area contributed by atoms with E-state index in [0.717, 1.165) is 5.56 Å². The van der Waals surface area contributed by atoms with Crippen molar-refractivity contribution in [2.24, 2.45) is 5.11 Å². The van der Waals surface area contributed by atoms with Crippen molar-refractivity contribution < 1.29 is 19.0 Å². The van der Waals surface area contributed by atoms with E-state index >= 15 is 0 Å². The van der Waals surface area contributed by atoms with Gasteiger partial charge in [0, 0.05) is 4.91 Å². The van der Waals surface area contributed by atoms with Gasteiger partial charge >= 0.3 is 5.97 Å². The maximum atomic E-state index is 11.5. The summed E-state index contributed by atoms with van der Waals surface area (Å²) < 4.78 is 15.8. The Labute approximate surface area is 122 Å².